The van der Waals surface area contributed by atoms with E-state index in [9.17, 15) is 9.18 Å². The predicted molar refractivity (Wildman–Crippen MR) is 109 cm³/mol. The van der Waals surface area contributed by atoms with Crippen molar-refractivity contribution in [3.63, 3.8) is 0 Å². The molecule has 1 amide bonds. The number of hydrogen-bond donors (Lipinski definition) is 1. The van der Waals surface area contributed by atoms with Gasteiger partial charge in [0.15, 0.2) is 0 Å². The van der Waals surface area contributed by atoms with Gasteiger partial charge in [0, 0.05) is 15.7 Å². The van der Waals surface area contributed by atoms with Crippen LogP contribution in [0.4, 0.5) is 4.39 Å². The van der Waals surface area contributed by atoms with Crippen LogP contribution in [0.1, 0.15) is 38.8 Å². The number of nitriles is 1. The fourth-order valence-corrected chi connectivity index (χ4v) is 3.37. The molecule has 0 aliphatic carbocycles. The van der Waals surface area contributed by atoms with Gasteiger partial charge in [-0.3, -0.25) is 9.78 Å². The molecular formula is C21H14BrClFN3O. The number of aromatic nitrogens is 1. The smallest absolute Gasteiger partial charge is 0.255 e. The third kappa shape index (κ3) is 4.38. The number of rotatable bonds is 4. The van der Waals surface area contributed by atoms with Crippen molar-refractivity contribution in [2.75, 3.05) is 0 Å². The van der Waals surface area contributed by atoms with Gasteiger partial charge in [-0.05, 0) is 70.4 Å². The molecule has 3 aromatic rings. The van der Waals surface area contributed by atoms with Crippen molar-refractivity contribution in [1.82, 2.24) is 10.3 Å². The number of halogens is 3. The summed E-state index contributed by atoms with van der Waals surface area (Å²) in [6.07, 6.45) is 1.64. The van der Waals surface area contributed by atoms with Crippen molar-refractivity contribution >= 4 is 33.4 Å². The molecule has 0 aliphatic heterocycles. The maximum atomic E-state index is 14.3. The molecule has 0 aliphatic rings. The summed E-state index contributed by atoms with van der Waals surface area (Å²) in [5.74, 6) is -1.36. The highest BCUT2D eigenvalue weighted by Gasteiger charge is 2.23. The quantitative estimate of drug-likeness (QED) is 0.574. The van der Waals surface area contributed by atoms with E-state index >= 15 is 0 Å². The minimum atomic E-state index is -0.758. The zero-order valence-electron chi connectivity index (χ0n) is 14.7. The fourth-order valence-electron chi connectivity index (χ4n) is 2.80. The largest absolute Gasteiger partial charge is 0.339 e. The van der Waals surface area contributed by atoms with E-state index in [4.69, 9.17) is 16.9 Å². The second-order valence-corrected chi connectivity index (χ2v) is 7.47. The van der Waals surface area contributed by atoms with E-state index in [2.05, 4.69) is 26.2 Å². The first-order valence-electron chi connectivity index (χ1n) is 8.27. The Bertz CT molecular complexity index is 1080. The zero-order chi connectivity index (χ0) is 20.3. The van der Waals surface area contributed by atoms with Crippen LogP contribution in [0.25, 0.3) is 0 Å². The Morgan fingerprint density at radius 2 is 1.96 bits per heavy atom. The van der Waals surface area contributed by atoms with Crippen molar-refractivity contribution in [3.8, 4) is 6.07 Å². The molecule has 2 aromatic carbocycles. The van der Waals surface area contributed by atoms with Gasteiger partial charge in [0.25, 0.3) is 5.91 Å². The van der Waals surface area contributed by atoms with Gasteiger partial charge in [-0.1, -0.05) is 23.7 Å². The molecule has 3 rings (SSSR count). The zero-order valence-corrected chi connectivity index (χ0v) is 17.1. The Labute approximate surface area is 175 Å². The summed E-state index contributed by atoms with van der Waals surface area (Å²) in [5, 5.41) is 12.3. The maximum absolute atomic E-state index is 14.3. The highest BCUT2D eigenvalue weighted by atomic mass is 79.9. The van der Waals surface area contributed by atoms with Crippen LogP contribution in [-0.4, -0.2) is 10.9 Å². The molecule has 0 saturated carbocycles. The average Bonchev–Trinajstić information content (AvgIpc) is 2.67. The predicted octanol–water partition coefficient (Wildman–Crippen LogP) is 5.34. The van der Waals surface area contributed by atoms with Gasteiger partial charge in [0.2, 0.25) is 0 Å². The molecule has 1 atom stereocenters. The SMILES string of the molecule is Cc1cc(Br)cnc1C(NC(=O)c1ccc(C#N)cc1F)c1ccc(Cl)cc1. The molecule has 0 saturated heterocycles. The lowest BCUT2D eigenvalue weighted by atomic mass is 9.99. The second kappa shape index (κ2) is 8.51. The molecular weight excluding hydrogens is 445 g/mol. The second-order valence-electron chi connectivity index (χ2n) is 6.12. The third-order valence-corrected chi connectivity index (χ3v) is 4.87. The van der Waals surface area contributed by atoms with Crippen molar-refractivity contribution in [1.29, 1.82) is 5.26 Å². The Morgan fingerprint density at radius 1 is 1.25 bits per heavy atom. The van der Waals surface area contributed by atoms with Crippen LogP contribution in [0.3, 0.4) is 0 Å². The lowest BCUT2D eigenvalue weighted by Gasteiger charge is -2.21. The number of hydrogen-bond acceptors (Lipinski definition) is 3. The standard InChI is InChI=1S/C21H14BrClFN3O/c1-12-8-15(22)11-26-19(12)20(14-3-5-16(23)6-4-14)27-21(28)17-7-2-13(10-25)9-18(17)24/h2-9,11,20H,1H3,(H,27,28). The van der Waals surface area contributed by atoms with E-state index < -0.39 is 17.8 Å². The summed E-state index contributed by atoms with van der Waals surface area (Å²) in [4.78, 5) is 17.2. The summed E-state index contributed by atoms with van der Waals surface area (Å²) in [5.41, 5.74) is 2.24. The van der Waals surface area contributed by atoms with Crippen LogP contribution in [0.5, 0.6) is 0 Å². The molecule has 4 nitrogen and oxygen atoms in total. The number of amides is 1. The van der Waals surface area contributed by atoms with Crippen LogP contribution in [-0.2, 0) is 0 Å². The molecule has 0 fully saturated rings. The lowest BCUT2D eigenvalue weighted by molar-refractivity contribution is 0.0938. The Kier molecular flexibility index (Phi) is 6.08. The van der Waals surface area contributed by atoms with E-state index in [1.807, 2.05) is 19.1 Å². The molecule has 0 radical (unpaired) electrons. The Morgan fingerprint density at radius 3 is 2.57 bits per heavy atom. The molecule has 140 valence electrons. The highest BCUT2D eigenvalue weighted by molar-refractivity contribution is 9.10. The molecule has 1 unspecified atom stereocenters. The summed E-state index contributed by atoms with van der Waals surface area (Å²) in [6.45, 7) is 1.88. The minimum absolute atomic E-state index is 0.146. The summed E-state index contributed by atoms with van der Waals surface area (Å²) in [6, 6.07) is 13.9. The normalized spacial score (nSPS) is 11.5. The molecule has 7 heteroatoms. The number of nitrogens with one attached hydrogen (secondary N) is 1. The summed E-state index contributed by atoms with van der Waals surface area (Å²) < 4.78 is 15.1. The van der Waals surface area contributed by atoms with E-state index in [1.54, 1.807) is 30.5 Å². The van der Waals surface area contributed by atoms with Crippen LogP contribution in [0.2, 0.25) is 5.02 Å². The first kappa shape index (κ1) is 20.0. The van der Waals surface area contributed by atoms with Crippen molar-refractivity contribution in [2.45, 2.75) is 13.0 Å². The number of benzene rings is 2. The van der Waals surface area contributed by atoms with E-state index in [0.717, 1.165) is 21.7 Å². The molecule has 0 spiro atoms. The van der Waals surface area contributed by atoms with Crippen molar-refractivity contribution in [2.24, 2.45) is 0 Å². The topological polar surface area (TPSA) is 65.8 Å². The van der Waals surface area contributed by atoms with Crippen molar-refractivity contribution in [3.05, 3.63) is 98.0 Å². The summed E-state index contributed by atoms with van der Waals surface area (Å²) in [7, 11) is 0. The average molecular weight is 459 g/mol. The number of carbonyl (C=O) groups is 1. The van der Waals surface area contributed by atoms with Gasteiger partial charge in [-0.15, -0.1) is 0 Å². The minimum Gasteiger partial charge on any atom is -0.339 e. The molecule has 28 heavy (non-hydrogen) atoms. The molecule has 0 bridgehead atoms. The van der Waals surface area contributed by atoms with E-state index in [-0.39, 0.29) is 11.1 Å². The van der Waals surface area contributed by atoms with E-state index in [1.165, 1.54) is 12.1 Å². The maximum Gasteiger partial charge on any atom is 0.255 e. The van der Waals surface area contributed by atoms with Gasteiger partial charge in [-0.25, -0.2) is 4.39 Å². The molecule has 1 heterocycles. The van der Waals surface area contributed by atoms with Gasteiger partial charge >= 0.3 is 0 Å². The highest BCUT2D eigenvalue weighted by Crippen LogP contribution is 2.27. The van der Waals surface area contributed by atoms with Crippen LogP contribution < -0.4 is 5.32 Å². The lowest BCUT2D eigenvalue weighted by Crippen LogP contribution is -2.31. The third-order valence-electron chi connectivity index (χ3n) is 4.18. The Hall–Kier alpha value is -2.75. The van der Waals surface area contributed by atoms with Crippen molar-refractivity contribution < 1.29 is 9.18 Å². The van der Waals surface area contributed by atoms with Gasteiger partial charge in [0.05, 0.1) is 28.9 Å². The summed E-state index contributed by atoms with van der Waals surface area (Å²) >= 11 is 9.36. The number of aryl methyl sites for hydroxylation is 1. The molecule has 1 aromatic heterocycles. The molecule has 1 N–H and O–H groups in total. The van der Waals surface area contributed by atoms with Crippen LogP contribution >= 0.6 is 27.5 Å². The first-order valence-corrected chi connectivity index (χ1v) is 9.44. The van der Waals surface area contributed by atoms with Gasteiger partial charge in [-0.2, -0.15) is 5.26 Å². The van der Waals surface area contributed by atoms with Crippen LogP contribution in [0.15, 0.2) is 59.2 Å². The fraction of sp³-hybridized carbons (Fsp3) is 0.0952. The first-order chi connectivity index (χ1) is 13.4. The van der Waals surface area contributed by atoms with E-state index in [0.29, 0.717) is 10.7 Å². The number of carbonyl (C=O) groups excluding carboxylic acids is 1. The van der Waals surface area contributed by atoms with Gasteiger partial charge < -0.3 is 5.32 Å². The van der Waals surface area contributed by atoms with Gasteiger partial charge in [0.1, 0.15) is 5.82 Å². The Balaban J connectivity index is 2.01. The monoisotopic (exact) mass is 457 g/mol. The number of pyridine rings is 1. The number of nitrogens with zero attached hydrogens (tertiary/aromatic N) is 2. The van der Waals surface area contributed by atoms with Crippen LogP contribution in [0, 0.1) is 24.1 Å².